The van der Waals surface area contributed by atoms with Crippen molar-refractivity contribution in [1.29, 1.82) is 0 Å². The molecule has 1 aliphatic carbocycles. The molecule has 6 nitrogen and oxygen atoms in total. The Morgan fingerprint density at radius 3 is 2.67 bits per heavy atom. The number of carbonyl (C=O) groups excluding carboxylic acids is 1. The lowest BCUT2D eigenvalue weighted by Gasteiger charge is -2.31. The predicted molar refractivity (Wildman–Crippen MR) is 78.4 cm³/mol. The molecule has 6 heteroatoms. The highest BCUT2D eigenvalue weighted by molar-refractivity contribution is 5.92. The normalized spacial score (nSPS) is 21.6. The lowest BCUT2D eigenvalue weighted by atomic mass is 9.84. The molecule has 0 radical (unpaired) electrons. The second-order valence-electron chi connectivity index (χ2n) is 5.36. The van der Waals surface area contributed by atoms with Crippen LogP contribution < -0.4 is 10.2 Å². The average molecular weight is 292 g/mol. The molecule has 3 N–H and O–H groups in total. The van der Waals surface area contributed by atoms with Crippen molar-refractivity contribution < 1.29 is 19.8 Å². The maximum atomic E-state index is 12.2. The zero-order valence-electron chi connectivity index (χ0n) is 12.0. The van der Waals surface area contributed by atoms with Crippen LogP contribution in [0.25, 0.3) is 0 Å². The summed E-state index contributed by atoms with van der Waals surface area (Å²) in [4.78, 5) is 24.8. The first kappa shape index (κ1) is 15.2. The first-order valence-electron chi connectivity index (χ1n) is 7.05. The number of aliphatic carboxylic acids is 1. The van der Waals surface area contributed by atoms with Crippen LogP contribution in [-0.4, -0.2) is 35.3 Å². The monoisotopic (exact) mass is 292 g/mol. The van der Waals surface area contributed by atoms with Crippen molar-refractivity contribution in [2.24, 2.45) is 5.92 Å². The fraction of sp³-hybridized carbons (Fsp3) is 0.467. The summed E-state index contributed by atoms with van der Waals surface area (Å²) in [6, 6.07) is 5.65. The number of phenols is 1. The van der Waals surface area contributed by atoms with Crippen molar-refractivity contribution in [3.05, 3.63) is 24.3 Å². The number of hydrogen-bond acceptors (Lipinski definition) is 3. The maximum Gasteiger partial charge on any atom is 0.321 e. The molecule has 0 aromatic heterocycles. The van der Waals surface area contributed by atoms with E-state index in [1.165, 1.54) is 17.0 Å². The van der Waals surface area contributed by atoms with E-state index in [0.29, 0.717) is 18.5 Å². The van der Waals surface area contributed by atoms with E-state index in [1.54, 1.807) is 19.2 Å². The number of carboxylic acids is 1. The molecule has 0 heterocycles. The molecule has 2 unspecified atom stereocenters. The van der Waals surface area contributed by atoms with Crippen molar-refractivity contribution in [3.63, 3.8) is 0 Å². The van der Waals surface area contributed by atoms with Crippen LogP contribution in [0.2, 0.25) is 0 Å². The molecule has 0 saturated heterocycles. The minimum absolute atomic E-state index is 0.0771. The number of nitrogens with one attached hydrogen (secondary N) is 1. The second-order valence-corrected chi connectivity index (χ2v) is 5.36. The number of rotatable bonds is 3. The summed E-state index contributed by atoms with van der Waals surface area (Å²) < 4.78 is 0. The Hall–Kier alpha value is -2.24. The highest BCUT2D eigenvalue weighted by Crippen LogP contribution is 2.25. The van der Waals surface area contributed by atoms with Gasteiger partial charge in [0.2, 0.25) is 0 Å². The van der Waals surface area contributed by atoms with Crippen molar-refractivity contribution in [1.82, 2.24) is 5.32 Å². The van der Waals surface area contributed by atoms with Gasteiger partial charge in [-0.2, -0.15) is 0 Å². The Morgan fingerprint density at radius 2 is 2.00 bits per heavy atom. The SMILES string of the molecule is CN(C(=O)NC1CCCCC1C(=O)O)c1cccc(O)c1. The molecule has 0 aliphatic heterocycles. The number of carboxylic acid groups (broad SMARTS) is 1. The van der Waals surface area contributed by atoms with Crippen LogP contribution >= 0.6 is 0 Å². The van der Waals surface area contributed by atoms with E-state index in [9.17, 15) is 19.8 Å². The highest BCUT2D eigenvalue weighted by Gasteiger charge is 2.32. The van der Waals surface area contributed by atoms with E-state index in [0.717, 1.165) is 12.8 Å². The lowest BCUT2D eigenvalue weighted by Crippen LogP contribution is -2.49. The number of nitrogens with zero attached hydrogens (tertiary/aromatic N) is 1. The number of hydrogen-bond donors (Lipinski definition) is 3. The highest BCUT2D eigenvalue weighted by atomic mass is 16.4. The minimum Gasteiger partial charge on any atom is -0.508 e. The van der Waals surface area contributed by atoms with Gasteiger partial charge in [0.25, 0.3) is 0 Å². The van der Waals surface area contributed by atoms with Gasteiger partial charge in [0.1, 0.15) is 5.75 Å². The van der Waals surface area contributed by atoms with E-state index in [4.69, 9.17) is 0 Å². The zero-order valence-corrected chi connectivity index (χ0v) is 12.0. The van der Waals surface area contributed by atoms with Gasteiger partial charge in [0.15, 0.2) is 0 Å². The van der Waals surface area contributed by atoms with Crippen LogP contribution in [0.5, 0.6) is 5.75 Å². The van der Waals surface area contributed by atoms with Crippen molar-refractivity contribution in [3.8, 4) is 5.75 Å². The minimum atomic E-state index is -0.861. The first-order chi connectivity index (χ1) is 9.99. The first-order valence-corrected chi connectivity index (χ1v) is 7.05. The molecule has 0 bridgehead atoms. The summed E-state index contributed by atoms with van der Waals surface area (Å²) in [7, 11) is 1.59. The van der Waals surface area contributed by atoms with Crippen molar-refractivity contribution in [2.75, 3.05) is 11.9 Å². The quantitative estimate of drug-likeness (QED) is 0.796. The van der Waals surface area contributed by atoms with Crippen LogP contribution in [0, 0.1) is 5.92 Å². The Morgan fingerprint density at radius 1 is 1.29 bits per heavy atom. The van der Waals surface area contributed by atoms with Crippen LogP contribution in [0.3, 0.4) is 0 Å². The summed E-state index contributed by atoms with van der Waals surface area (Å²) in [6.07, 6.45) is 3.07. The summed E-state index contributed by atoms with van der Waals surface area (Å²) in [5, 5.41) is 21.5. The van der Waals surface area contributed by atoms with Crippen LogP contribution in [0.1, 0.15) is 25.7 Å². The molecule has 2 rings (SSSR count). The van der Waals surface area contributed by atoms with Gasteiger partial charge in [-0.3, -0.25) is 9.69 Å². The van der Waals surface area contributed by atoms with Gasteiger partial charge in [0.05, 0.1) is 5.92 Å². The third-order valence-corrected chi connectivity index (χ3v) is 3.91. The summed E-state index contributed by atoms with van der Waals surface area (Å²) in [6.45, 7) is 0. The molecule has 1 aliphatic rings. The molecule has 2 amide bonds. The van der Waals surface area contributed by atoms with Crippen LogP contribution in [0.15, 0.2) is 24.3 Å². The Bertz CT molecular complexity index is 532. The van der Waals surface area contributed by atoms with E-state index in [-0.39, 0.29) is 17.8 Å². The van der Waals surface area contributed by atoms with E-state index in [1.807, 2.05) is 0 Å². The van der Waals surface area contributed by atoms with Gasteiger partial charge in [-0.1, -0.05) is 18.9 Å². The Kier molecular flexibility index (Phi) is 4.67. The molecule has 21 heavy (non-hydrogen) atoms. The Labute approximate surface area is 123 Å². The van der Waals surface area contributed by atoms with E-state index < -0.39 is 11.9 Å². The predicted octanol–water partition coefficient (Wildman–Crippen LogP) is 2.18. The standard InChI is InChI=1S/C15H20N2O4/c1-17(10-5-4-6-11(18)9-10)15(21)16-13-8-3-2-7-12(13)14(19)20/h4-6,9,12-13,18H,2-3,7-8H2,1H3,(H,16,21)(H,19,20). The summed E-state index contributed by atoms with van der Waals surface area (Å²) >= 11 is 0. The maximum absolute atomic E-state index is 12.2. The van der Waals surface area contributed by atoms with Crippen LogP contribution in [0.4, 0.5) is 10.5 Å². The van der Waals surface area contributed by atoms with Crippen molar-refractivity contribution in [2.45, 2.75) is 31.7 Å². The number of aromatic hydroxyl groups is 1. The molecular formula is C15H20N2O4. The molecule has 0 spiro atoms. The molecule has 2 atom stereocenters. The van der Waals surface area contributed by atoms with E-state index in [2.05, 4.69) is 5.32 Å². The molecule has 1 aromatic carbocycles. The number of benzene rings is 1. The molecule has 1 saturated carbocycles. The number of anilines is 1. The third-order valence-electron chi connectivity index (χ3n) is 3.91. The smallest absolute Gasteiger partial charge is 0.321 e. The third kappa shape index (κ3) is 3.65. The fourth-order valence-electron chi connectivity index (χ4n) is 2.67. The van der Waals surface area contributed by atoms with Gasteiger partial charge in [-0.25, -0.2) is 4.79 Å². The van der Waals surface area contributed by atoms with Gasteiger partial charge >= 0.3 is 12.0 Å². The molecule has 114 valence electrons. The number of amides is 2. The summed E-state index contributed by atoms with van der Waals surface area (Å²) in [5.41, 5.74) is 0.551. The topological polar surface area (TPSA) is 89.9 Å². The van der Waals surface area contributed by atoms with Gasteiger partial charge in [-0.15, -0.1) is 0 Å². The summed E-state index contributed by atoms with van der Waals surface area (Å²) in [5.74, 6) is -1.31. The Balaban J connectivity index is 2.04. The lowest BCUT2D eigenvalue weighted by molar-refractivity contribution is -0.143. The van der Waals surface area contributed by atoms with Crippen molar-refractivity contribution >= 4 is 17.7 Å². The fourth-order valence-corrected chi connectivity index (χ4v) is 2.67. The average Bonchev–Trinajstić information content (AvgIpc) is 2.46. The van der Waals surface area contributed by atoms with Gasteiger partial charge in [0, 0.05) is 24.8 Å². The largest absolute Gasteiger partial charge is 0.508 e. The van der Waals surface area contributed by atoms with Gasteiger partial charge < -0.3 is 15.5 Å². The molecule has 1 fully saturated rings. The van der Waals surface area contributed by atoms with Crippen LogP contribution in [-0.2, 0) is 4.79 Å². The number of urea groups is 1. The second kappa shape index (κ2) is 6.47. The number of phenolic OH excluding ortho intramolecular Hbond substituents is 1. The molecular weight excluding hydrogens is 272 g/mol. The number of carbonyl (C=O) groups is 2. The zero-order chi connectivity index (χ0) is 15.4. The van der Waals surface area contributed by atoms with Gasteiger partial charge in [-0.05, 0) is 25.0 Å². The molecule has 1 aromatic rings. The van der Waals surface area contributed by atoms with E-state index >= 15 is 0 Å².